The Morgan fingerprint density at radius 3 is 1.86 bits per heavy atom. The van der Waals surface area contributed by atoms with Gasteiger partial charge in [-0.1, -0.05) is 5.21 Å². The van der Waals surface area contributed by atoms with E-state index in [-0.39, 0.29) is 6.61 Å². The number of hydrogen-bond acceptors (Lipinski definition) is 9. The average Bonchev–Trinajstić information content (AvgIpc) is 3.14. The molecule has 0 aliphatic carbocycles. The van der Waals surface area contributed by atoms with Crippen LogP contribution >= 0.6 is 0 Å². The van der Waals surface area contributed by atoms with Crippen LogP contribution in [0.15, 0.2) is 18.3 Å². The van der Waals surface area contributed by atoms with Crippen LogP contribution < -0.4 is 9.80 Å². The largest absolute Gasteiger partial charge is 0.395 e. The molecule has 152 valence electrons. The van der Waals surface area contributed by atoms with E-state index >= 15 is 0 Å². The van der Waals surface area contributed by atoms with Crippen molar-refractivity contribution in [1.82, 2.24) is 35.0 Å². The Morgan fingerprint density at radius 1 is 0.821 bits per heavy atom. The average molecular weight is 387 g/mol. The highest BCUT2D eigenvalue weighted by molar-refractivity contribution is 5.45. The zero-order valence-corrected chi connectivity index (χ0v) is 16.5. The molecule has 0 unspecified atom stereocenters. The van der Waals surface area contributed by atoms with E-state index in [1.54, 1.807) is 4.68 Å². The molecule has 2 aliphatic heterocycles. The molecular weight excluding hydrogens is 358 g/mol. The van der Waals surface area contributed by atoms with Gasteiger partial charge in [0.25, 0.3) is 0 Å². The summed E-state index contributed by atoms with van der Waals surface area (Å²) in [4.78, 5) is 9.24. The highest BCUT2D eigenvalue weighted by atomic mass is 16.3. The molecule has 4 heterocycles. The van der Waals surface area contributed by atoms with Crippen LogP contribution in [0.3, 0.4) is 0 Å². The first-order valence-corrected chi connectivity index (χ1v) is 9.95. The molecule has 0 saturated carbocycles. The summed E-state index contributed by atoms with van der Waals surface area (Å²) in [6.45, 7) is 9.41. The SMILES string of the molecule is Cn1cc(CN2CCN(c3ccc(N4CCN(CCO)CC4)nn3)CC2)nn1. The van der Waals surface area contributed by atoms with Gasteiger partial charge in [-0.2, -0.15) is 0 Å². The lowest BCUT2D eigenvalue weighted by molar-refractivity contribution is 0.188. The highest BCUT2D eigenvalue weighted by Crippen LogP contribution is 2.18. The predicted molar refractivity (Wildman–Crippen MR) is 106 cm³/mol. The molecule has 1 N–H and O–H groups in total. The van der Waals surface area contributed by atoms with Gasteiger partial charge in [-0.05, 0) is 12.1 Å². The fourth-order valence-electron chi connectivity index (χ4n) is 3.83. The minimum atomic E-state index is 0.223. The van der Waals surface area contributed by atoms with Crippen molar-refractivity contribution in [3.8, 4) is 0 Å². The van der Waals surface area contributed by atoms with E-state index in [4.69, 9.17) is 5.11 Å². The molecule has 0 spiro atoms. The number of aryl methyl sites for hydroxylation is 1. The molecule has 0 radical (unpaired) electrons. The van der Waals surface area contributed by atoms with Crippen LogP contribution in [-0.4, -0.2) is 106 Å². The summed E-state index contributed by atoms with van der Waals surface area (Å²) in [6, 6.07) is 4.16. The van der Waals surface area contributed by atoms with Gasteiger partial charge in [0.2, 0.25) is 0 Å². The fourth-order valence-corrected chi connectivity index (χ4v) is 3.83. The van der Waals surface area contributed by atoms with Gasteiger partial charge in [0.15, 0.2) is 11.6 Å². The number of nitrogens with zero attached hydrogens (tertiary/aromatic N) is 9. The Morgan fingerprint density at radius 2 is 1.39 bits per heavy atom. The number of piperazine rings is 2. The van der Waals surface area contributed by atoms with E-state index in [0.717, 1.165) is 82.8 Å². The van der Waals surface area contributed by atoms with Gasteiger partial charge in [0, 0.05) is 78.7 Å². The van der Waals surface area contributed by atoms with Crippen LogP contribution in [0.5, 0.6) is 0 Å². The standard InChI is InChI=1S/C18H29N9O/c1-23-14-16(19-22-23)15-25-6-10-27(11-7-25)18-3-2-17(20-21-18)26-8-4-24(5-9-26)12-13-28/h2-3,14,28H,4-13,15H2,1H3. The van der Waals surface area contributed by atoms with E-state index < -0.39 is 0 Å². The summed E-state index contributed by atoms with van der Waals surface area (Å²) in [5.41, 5.74) is 1.01. The van der Waals surface area contributed by atoms with Gasteiger partial charge in [-0.25, -0.2) is 0 Å². The molecule has 0 aromatic carbocycles. The van der Waals surface area contributed by atoms with E-state index in [2.05, 4.69) is 52.2 Å². The maximum absolute atomic E-state index is 9.05. The van der Waals surface area contributed by atoms with Crippen LogP contribution in [0, 0.1) is 0 Å². The summed E-state index contributed by atoms with van der Waals surface area (Å²) in [5.74, 6) is 1.88. The minimum Gasteiger partial charge on any atom is -0.395 e. The molecule has 4 rings (SSSR count). The first kappa shape index (κ1) is 19.0. The van der Waals surface area contributed by atoms with Crippen molar-refractivity contribution in [1.29, 1.82) is 0 Å². The van der Waals surface area contributed by atoms with Crippen LogP contribution in [0.4, 0.5) is 11.6 Å². The third-order valence-corrected chi connectivity index (χ3v) is 5.48. The lowest BCUT2D eigenvalue weighted by atomic mass is 10.3. The van der Waals surface area contributed by atoms with Crippen molar-refractivity contribution < 1.29 is 5.11 Å². The molecule has 10 heteroatoms. The van der Waals surface area contributed by atoms with E-state index in [0.29, 0.717) is 0 Å². The molecule has 2 aromatic rings. The third-order valence-electron chi connectivity index (χ3n) is 5.48. The van der Waals surface area contributed by atoms with Crippen molar-refractivity contribution in [3.63, 3.8) is 0 Å². The van der Waals surface area contributed by atoms with E-state index in [9.17, 15) is 0 Å². The Hall–Kier alpha value is -2.30. The van der Waals surface area contributed by atoms with Crippen molar-refractivity contribution in [2.24, 2.45) is 7.05 Å². The van der Waals surface area contributed by atoms with Gasteiger partial charge in [0.1, 0.15) is 0 Å². The fraction of sp³-hybridized carbons (Fsp3) is 0.667. The molecule has 2 aliphatic rings. The second-order valence-electron chi connectivity index (χ2n) is 7.45. The summed E-state index contributed by atoms with van der Waals surface area (Å²) in [5, 5.41) is 26.2. The quantitative estimate of drug-likeness (QED) is 0.673. The topological polar surface area (TPSA) is 89.7 Å². The van der Waals surface area contributed by atoms with Gasteiger partial charge in [0.05, 0.1) is 12.3 Å². The molecule has 0 bridgehead atoms. The zero-order chi connectivity index (χ0) is 19.3. The lowest BCUT2D eigenvalue weighted by Crippen LogP contribution is -2.47. The minimum absolute atomic E-state index is 0.223. The first-order chi connectivity index (χ1) is 13.7. The number of rotatable bonds is 6. The van der Waals surface area contributed by atoms with Crippen LogP contribution in [0.2, 0.25) is 0 Å². The van der Waals surface area contributed by atoms with E-state index in [1.165, 1.54) is 0 Å². The second-order valence-corrected chi connectivity index (χ2v) is 7.45. The van der Waals surface area contributed by atoms with Crippen molar-refractivity contribution in [3.05, 3.63) is 24.0 Å². The van der Waals surface area contributed by atoms with Gasteiger partial charge < -0.3 is 14.9 Å². The monoisotopic (exact) mass is 387 g/mol. The third kappa shape index (κ3) is 4.57. The van der Waals surface area contributed by atoms with Crippen molar-refractivity contribution >= 4 is 11.6 Å². The van der Waals surface area contributed by atoms with Crippen LogP contribution in [0.25, 0.3) is 0 Å². The highest BCUT2D eigenvalue weighted by Gasteiger charge is 2.21. The number of anilines is 2. The normalized spacial score (nSPS) is 19.4. The molecule has 2 aromatic heterocycles. The Balaban J connectivity index is 1.27. The number of hydrogen-bond donors (Lipinski definition) is 1. The molecule has 2 saturated heterocycles. The summed E-state index contributed by atoms with van der Waals surface area (Å²) in [7, 11) is 1.89. The van der Waals surface area contributed by atoms with Crippen LogP contribution in [-0.2, 0) is 13.6 Å². The Labute approximate surface area is 165 Å². The number of β-amino-alcohol motifs (C(OH)–C–C–N with tert-alkyl or cyclic N) is 1. The van der Waals surface area contributed by atoms with Gasteiger partial charge in [-0.3, -0.25) is 14.5 Å². The Kier molecular flexibility index (Phi) is 5.98. The zero-order valence-electron chi connectivity index (χ0n) is 16.5. The lowest BCUT2D eigenvalue weighted by Gasteiger charge is -2.36. The second kappa shape index (κ2) is 8.80. The molecule has 28 heavy (non-hydrogen) atoms. The summed E-state index contributed by atoms with van der Waals surface area (Å²) < 4.78 is 1.75. The molecule has 0 amide bonds. The first-order valence-electron chi connectivity index (χ1n) is 9.95. The van der Waals surface area contributed by atoms with Crippen molar-refractivity contribution in [2.45, 2.75) is 6.54 Å². The molecular formula is C18H29N9O. The maximum Gasteiger partial charge on any atom is 0.151 e. The number of aliphatic hydroxyl groups is 1. The smallest absolute Gasteiger partial charge is 0.151 e. The summed E-state index contributed by atoms with van der Waals surface area (Å²) >= 11 is 0. The molecule has 2 fully saturated rings. The number of aliphatic hydroxyl groups excluding tert-OH is 1. The summed E-state index contributed by atoms with van der Waals surface area (Å²) in [6.07, 6.45) is 1.97. The van der Waals surface area contributed by atoms with Crippen LogP contribution in [0.1, 0.15) is 5.69 Å². The Bertz CT molecular complexity index is 734. The van der Waals surface area contributed by atoms with Gasteiger partial charge in [-0.15, -0.1) is 15.3 Å². The molecule has 10 nitrogen and oxygen atoms in total. The van der Waals surface area contributed by atoms with E-state index in [1.807, 2.05) is 13.2 Å². The maximum atomic E-state index is 9.05. The predicted octanol–water partition coefficient (Wildman–Crippen LogP) is -0.958. The number of aromatic nitrogens is 5. The van der Waals surface area contributed by atoms with Gasteiger partial charge >= 0.3 is 0 Å². The molecule has 0 atom stereocenters. The van der Waals surface area contributed by atoms with Crippen molar-refractivity contribution in [2.75, 3.05) is 75.3 Å².